The third kappa shape index (κ3) is 2.14. The van der Waals surface area contributed by atoms with Crippen molar-refractivity contribution in [1.29, 1.82) is 0 Å². The highest BCUT2D eigenvalue weighted by atomic mass is 19.1. The summed E-state index contributed by atoms with van der Waals surface area (Å²) in [6.07, 6.45) is 0. The van der Waals surface area contributed by atoms with Crippen molar-refractivity contribution in [2.45, 2.75) is 13.5 Å². The average molecular weight is 256 g/mol. The van der Waals surface area contributed by atoms with Crippen LogP contribution in [0.5, 0.6) is 0 Å². The molecule has 0 aliphatic heterocycles. The number of nitrogens with two attached hydrogens (primary N) is 1. The topological polar surface area (TPSA) is 56.7 Å². The Labute approximate surface area is 109 Å². The highest BCUT2D eigenvalue weighted by molar-refractivity contribution is 5.78. The van der Waals surface area contributed by atoms with Crippen LogP contribution in [0.3, 0.4) is 0 Å². The maximum absolute atomic E-state index is 13.3. The first-order valence-electron chi connectivity index (χ1n) is 5.97. The van der Waals surface area contributed by atoms with Gasteiger partial charge in [-0.3, -0.25) is 4.98 Å². The molecule has 1 aromatic carbocycles. The molecule has 0 saturated carbocycles. The minimum absolute atomic E-state index is 0.300. The monoisotopic (exact) mass is 256 g/mol. The van der Waals surface area contributed by atoms with E-state index in [1.807, 2.05) is 25.1 Å². The molecule has 3 rings (SSSR count). The molecule has 19 heavy (non-hydrogen) atoms. The molecule has 0 aliphatic rings. The Morgan fingerprint density at radius 1 is 1.21 bits per heavy atom. The van der Waals surface area contributed by atoms with Crippen LogP contribution in [0.2, 0.25) is 0 Å². The molecule has 0 fully saturated rings. The van der Waals surface area contributed by atoms with Gasteiger partial charge in [0.2, 0.25) is 5.95 Å². The first-order valence-corrected chi connectivity index (χ1v) is 5.97. The van der Waals surface area contributed by atoms with Gasteiger partial charge in [-0.25, -0.2) is 9.37 Å². The van der Waals surface area contributed by atoms with Crippen molar-refractivity contribution in [3.05, 3.63) is 53.6 Å². The van der Waals surface area contributed by atoms with Gasteiger partial charge < -0.3 is 10.3 Å². The van der Waals surface area contributed by atoms with Crippen LogP contribution in [-0.4, -0.2) is 14.5 Å². The lowest BCUT2D eigenvalue weighted by atomic mass is 10.3. The van der Waals surface area contributed by atoms with Gasteiger partial charge in [0.25, 0.3) is 0 Å². The average Bonchev–Trinajstić information content (AvgIpc) is 2.66. The largest absolute Gasteiger partial charge is 0.369 e. The molecule has 2 aromatic heterocycles. The van der Waals surface area contributed by atoms with Gasteiger partial charge in [-0.05, 0) is 37.3 Å². The minimum Gasteiger partial charge on any atom is -0.369 e. The molecule has 0 radical (unpaired) electrons. The molecule has 0 amide bonds. The van der Waals surface area contributed by atoms with E-state index < -0.39 is 0 Å². The number of aryl methyl sites for hydroxylation is 1. The van der Waals surface area contributed by atoms with E-state index in [9.17, 15) is 4.39 Å². The van der Waals surface area contributed by atoms with E-state index in [0.29, 0.717) is 23.5 Å². The van der Waals surface area contributed by atoms with Gasteiger partial charge >= 0.3 is 0 Å². The Morgan fingerprint density at radius 3 is 2.84 bits per heavy atom. The van der Waals surface area contributed by atoms with Crippen molar-refractivity contribution in [2.75, 3.05) is 5.73 Å². The zero-order valence-corrected chi connectivity index (χ0v) is 10.5. The highest BCUT2D eigenvalue weighted by Crippen LogP contribution is 2.20. The maximum atomic E-state index is 13.3. The SMILES string of the molecule is Cc1cccc(Cn2c(N)nc3ccc(F)cc32)n1. The van der Waals surface area contributed by atoms with Crippen LogP contribution in [0.1, 0.15) is 11.4 Å². The summed E-state index contributed by atoms with van der Waals surface area (Å²) in [5, 5.41) is 0. The van der Waals surface area contributed by atoms with Crippen molar-refractivity contribution < 1.29 is 4.39 Å². The number of nitrogens with zero attached hydrogens (tertiary/aromatic N) is 3. The minimum atomic E-state index is -0.300. The molecule has 0 saturated heterocycles. The lowest BCUT2D eigenvalue weighted by molar-refractivity contribution is 0.628. The van der Waals surface area contributed by atoms with Crippen LogP contribution < -0.4 is 5.73 Å². The quantitative estimate of drug-likeness (QED) is 0.766. The molecule has 96 valence electrons. The standard InChI is InChI=1S/C14H13FN4/c1-9-3-2-4-11(17-9)8-19-13-7-10(15)5-6-12(13)18-14(19)16/h2-7H,8H2,1H3,(H2,16,18). The number of nitrogen functional groups attached to an aromatic ring is 1. The van der Waals surface area contributed by atoms with Crippen molar-refractivity contribution in [2.24, 2.45) is 0 Å². The predicted octanol–water partition coefficient (Wildman–Crippen LogP) is 2.51. The summed E-state index contributed by atoms with van der Waals surface area (Å²) in [5.41, 5.74) is 9.07. The van der Waals surface area contributed by atoms with Crippen LogP contribution in [0, 0.1) is 12.7 Å². The number of benzene rings is 1. The maximum Gasteiger partial charge on any atom is 0.201 e. The van der Waals surface area contributed by atoms with E-state index in [1.54, 1.807) is 10.6 Å². The van der Waals surface area contributed by atoms with Crippen molar-refractivity contribution in [3.8, 4) is 0 Å². The Balaban J connectivity index is 2.09. The van der Waals surface area contributed by atoms with Crippen LogP contribution >= 0.6 is 0 Å². The molecule has 0 spiro atoms. The highest BCUT2D eigenvalue weighted by Gasteiger charge is 2.10. The van der Waals surface area contributed by atoms with Gasteiger partial charge in [-0.15, -0.1) is 0 Å². The second-order valence-corrected chi connectivity index (χ2v) is 4.46. The first-order chi connectivity index (χ1) is 9.13. The zero-order valence-electron chi connectivity index (χ0n) is 10.5. The molecule has 4 nitrogen and oxygen atoms in total. The van der Waals surface area contributed by atoms with E-state index >= 15 is 0 Å². The third-order valence-electron chi connectivity index (χ3n) is 3.01. The second-order valence-electron chi connectivity index (χ2n) is 4.46. The van der Waals surface area contributed by atoms with Gasteiger partial charge in [0.15, 0.2) is 0 Å². The number of hydrogen-bond donors (Lipinski definition) is 1. The van der Waals surface area contributed by atoms with Gasteiger partial charge in [-0.2, -0.15) is 0 Å². The van der Waals surface area contributed by atoms with Crippen LogP contribution in [0.25, 0.3) is 11.0 Å². The first kappa shape index (κ1) is 11.6. The molecular weight excluding hydrogens is 243 g/mol. The van der Waals surface area contributed by atoms with Crippen LogP contribution in [-0.2, 0) is 6.54 Å². The summed E-state index contributed by atoms with van der Waals surface area (Å²) in [6, 6.07) is 10.2. The number of pyridine rings is 1. The van der Waals surface area contributed by atoms with E-state index in [-0.39, 0.29) is 5.82 Å². The fourth-order valence-corrected chi connectivity index (χ4v) is 2.13. The van der Waals surface area contributed by atoms with E-state index in [4.69, 9.17) is 5.73 Å². The number of anilines is 1. The fraction of sp³-hybridized carbons (Fsp3) is 0.143. The molecule has 0 bridgehead atoms. The summed E-state index contributed by atoms with van der Waals surface area (Å²) in [6.45, 7) is 2.41. The number of imidazole rings is 1. The lowest BCUT2D eigenvalue weighted by Gasteiger charge is -2.06. The van der Waals surface area contributed by atoms with Gasteiger partial charge in [0.05, 0.1) is 23.3 Å². The summed E-state index contributed by atoms with van der Waals surface area (Å²) < 4.78 is 15.1. The van der Waals surface area contributed by atoms with Crippen LogP contribution in [0.4, 0.5) is 10.3 Å². The Hall–Kier alpha value is -2.43. The lowest BCUT2D eigenvalue weighted by Crippen LogP contribution is -2.06. The smallest absolute Gasteiger partial charge is 0.201 e. The molecule has 3 aromatic rings. The summed E-state index contributed by atoms with van der Waals surface area (Å²) in [5.74, 6) is 0.0646. The van der Waals surface area contributed by atoms with Gasteiger partial charge in [0.1, 0.15) is 5.82 Å². The zero-order chi connectivity index (χ0) is 13.4. The number of halogens is 1. The molecule has 0 unspecified atom stereocenters. The summed E-state index contributed by atoms with van der Waals surface area (Å²) in [7, 11) is 0. The molecule has 0 atom stereocenters. The number of aromatic nitrogens is 3. The predicted molar refractivity (Wildman–Crippen MR) is 72.2 cm³/mol. The van der Waals surface area contributed by atoms with Crippen molar-refractivity contribution in [3.63, 3.8) is 0 Å². The Morgan fingerprint density at radius 2 is 2.05 bits per heavy atom. The molecule has 2 heterocycles. The Kier molecular flexibility index (Phi) is 2.67. The summed E-state index contributed by atoms with van der Waals surface area (Å²) >= 11 is 0. The number of hydrogen-bond acceptors (Lipinski definition) is 3. The van der Waals surface area contributed by atoms with E-state index in [0.717, 1.165) is 11.4 Å². The number of fused-ring (bicyclic) bond motifs is 1. The molecule has 2 N–H and O–H groups in total. The van der Waals surface area contributed by atoms with Crippen LogP contribution in [0.15, 0.2) is 36.4 Å². The Bertz CT molecular complexity index is 748. The molecule has 5 heteroatoms. The van der Waals surface area contributed by atoms with E-state index in [2.05, 4.69) is 9.97 Å². The molecular formula is C14H13FN4. The third-order valence-corrected chi connectivity index (χ3v) is 3.01. The van der Waals surface area contributed by atoms with Gasteiger partial charge in [-0.1, -0.05) is 6.07 Å². The van der Waals surface area contributed by atoms with Crippen molar-refractivity contribution in [1.82, 2.24) is 14.5 Å². The normalized spacial score (nSPS) is 11.1. The van der Waals surface area contributed by atoms with Crippen molar-refractivity contribution >= 4 is 17.0 Å². The molecule has 0 aliphatic carbocycles. The fourth-order valence-electron chi connectivity index (χ4n) is 2.13. The number of rotatable bonds is 2. The van der Waals surface area contributed by atoms with E-state index in [1.165, 1.54) is 12.1 Å². The second kappa shape index (κ2) is 4.35. The summed E-state index contributed by atoms with van der Waals surface area (Å²) in [4.78, 5) is 8.64. The van der Waals surface area contributed by atoms with Gasteiger partial charge in [0, 0.05) is 5.69 Å².